The SMILES string of the molecule is Cc1ccc2c(c1)N(CCCN1CCC(CCS(N)(=O)=O)CC1)c1ccccc1S2. The molecule has 0 aliphatic carbocycles. The predicted molar refractivity (Wildman–Crippen MR) is 125 cm³/mol. The molecule has 2 aromatic rings. The molecule has 0 atom stereocenters. The first-order valence-corrected chi connectivity index (χ1v) is 13.3. The van der Waals surface area contributed by atoms with Crippen molar-refractivity contribution < 1.29 is 8.42 Å². The van der Waals surface area contributed by atoms with Crippen molar-refractivity contribution in [2.75, 3.05) is 36.8 Å². The van der Waals surface area contributed by atoms with Crippen molar-refractivity contribution in [1.29, 1.82) is 0 Å². The second kappa shape index (κ2) is 9.30. The standard InChI is InChI=1S/C23H31N3O2S2/c1-18-7-8-23-21(17-18)26(20-5-2-3-6-22(20)29-23)13-4-12-25-14-9-19(10-15-25)11-16-30(24,27)28/h2-3,5-8,17,19H,4,9-16H2,1H3,(H2,24,27,28). The van der Waals surface area contributed by atoms with E-state index in [0.29, 0.717) is 12.3 Å². The number of primary sulfonamides is 1. The summed E-state index contributed by atoms with van der Waals surface area (Å²) >= 11 is 1.86. The van der Waals surface area contributed by atoms with Crippen LogP contribution in [-0.4, -0.2) is 45.2 Å². The van der Waals surface area contributed by atoms with E-state index in [2.05, 4.69) is 59.2 Å². The average molecular weight is 446 g/mol. The largest absolute Gasteiger partial charge is 0.340 e. The average Bonchev–Trinajstić information content (AvgIpc) is 2.72. The molecule has 4 rings (SSSR count). The van der Waals surface area contributed by atoms with Gasteiger partial charge >= 0.3 is 0 Å². The normalized spacial score (nSPS) is 17.6. The van der Waals surface area contributed by atoms with Crippen molar-refractivity contribution in [3.63, 3.8) is 0 Å². The Hall–Kier alpha value is -1.54. The van der Waals surface area contributed by atoms with Crippen LogP contribution in [0.5, 0.6) is 0 Å². The van der Waals surface area contributed by atoms with Crippen LogP contribution in [-0.2, 0) is 10.0 Å². The first-order chi connectivity index (χ1) is 14.4. The van der Waals surface area contributed by atoms with Gasteiger partial charge in [-0.05, 0) is 88.0 Å². The molecule has 2 aromatic carbocycles. The smallest absolute Gasteiger partial charge is 0.209 e. The number of rotatable bonds is 7. The van der Waals surface area contributed by atoms with Crippen molar-refractivity contribution >= 4 is 33.2 Å². The van der Waals surface area contributed by atoms with E-state index in [1.54, 1.807) is 0 Å². The number of hydrogen-bond acceptors (Lipinski definition) is 5. The molecule has 1 fully saturated rings. The molecule has 0 aromatic heterocycles. The number of anilines is 2. The summed E-state index contributed by atoms with van der Waals surface area (Å²) in [6.45, 7) is 6.34. The molecular weight excluding hydrogens is 414 g/mol. The minimum absolute atomic E-state index is 0.114. The highest BCUT2D eigenvalue weighted by Gasteiger charge is 2.24. The number of nitrogens with zero attached hydrogens (tertiary/aromatic N) is 2. The lowest BCUT2D eigenvalue weighted by Crippen LogP contribution is -2.36. The maximum atomic E-state index is 11.2. The van der Waals surface area contributed by atoms with Gasteiger partial charge < -0.3 is 9.80 Å². The van der Waals surface area contributed by atoms with E-state index in [0.717, 1.165) is 45.4 Å². The molecule has 0 radical (unpaired) electrons. The number of piperidine rings is 1. The molecule has 0 unspecified atom stereocenters. The molecule has 0 bridgehead atoms. The second-order valence-electron chi connectivity index (χ2n) is 8.49. The van der Waals surface area contributed by atoms with Crippen LogP contribution in [0.1, 0.15) is 31.2 Å². The van der Waals surface area contributed by atoms with Crippen molar-refractivity contribution in [3.05, 3.63) is 48.0 Å². The fourth-order valence-corrected chi connectivity index (χ4v) is 6.20. The molecule has 5 nitrogen and oxygen atoms in total. The highest BCUT2D eigenvalue weighted by Crippen LogP contribution is 2.48. The van der Waals surface area contributed by atoms with Crippen LogP contribution in [0.4, 0.5) is 11.4 Å². The fraction of sp³-hybridized carbons (Fsp3) is 0.478. The predicted octanol–water partition coefficient (Wildman–Crippen LogP) is 4.38. The molecule has 0 spiro atoms. The van der Waals surface area contributed by atoms with E-state index >= 15 is 0 Å². The maximum absolute atomic E-state index is 11.2. The monoisotopic (exact) mass is 445 g/mol. The Labute approximate surface area is 184 Å². The van der Waals surface area contributed by atoms with Gasteiger partial charge in [0.2, 0.25) is 10.0 Å². The Balaban J connectivity index is 1.33. The van der Waals surface area contributed by atoms with E-state index in [1.165, 1.54) is 26.7 Å². The van der Waals surface area contributed by atoms with Crippen molar-refractivity contribution in [2.45, 2.75) is 42.4 Å². The van der Waals surface area contributed by atoms with Crippen LogP contribution in [0.25, 0.3) is 0 Å². The number of hydrogen-bond donors (Lipinski definition) is 1. The Kier molecular flexibility index (Phi) is 6.72. The van der Waals surface area contributed by atoms with Gasteiger partial charge in [-0.25, -0.2) is 13.6 Å². The van der Waals surface area contributed by atoms with Crippen LogP contribution in [0.15, 0.2) is 52.3 Å². The lowest BCUT2D eigenvalue weighted by Gasteiger charge is -2.35. The third-order valence-corrected chi connectivity index (χ3v) is 8.09. The lowest BCUT2D eigenvalue weighted by molar-refractivity contribution is 0.181. The van der Waals surface area contributed by atoms with Gasteiger partial charge in [-0.2, -0.15) is 0 Å². The first-order valence-electron chi connectivity index (χ1n) is 10.8. The van der Waals surface area contributed by atoms with Crippen LogP contribution >= 0.6 is 11.8 Å². The van der Waals surface area contributed by atoms with Crippen LogP contribution in [0.2, 0.25) is 0 Å². The second-order valence-corrected chi connectivity index (χ2v) is 11.3. The van der Waals surface area contributed by atoms with Gasteiger partial charge in [0.15, 0.2) is 0 Å². The Morgan fingerprint density at radius 2 is 1.77 bits per heavy atom. The van der Waals surface area contributed by atoms with Crippen LogP contribution in [0, 0.1) is 12.8 Å². The zero-order chi connectivity index (χ0) is 21.1. The molecule has 7 heteroatoms. The topological polar surface area (TPSA) is 66.6 Å². The minimum Gasteiger partial charge on any atom is -0.340 e. The van der Waals surface area contributed by atoms with Crippen LogP contribution in [0.3, 0.4) is 0 Å². The Morgan fingerprint density at radius 3 is 2.53 bits per heavy atom. The molecule has 2 N–H and O–H groups in total. The first kappa shape index (κ1) is 21.7. The van der Waals surface area contributed by atoms with Crippen molar-refractivity contribution in [1.82, 2.24) is 4.90 Å². The van der Waals surface area contributed by atoms with E-state index in [1.807, 2.05) is 11.8 Å². The maximum Gasteiger partial charge on any atom is 0.209 e. The summed E-state index contributed by atoms with van der Waals surface area (Å²) in [5.74, 6) is 0.600. The van der Waals surface area contributed by atoms with Gasteiger partial charge in [0.25, 0.3) is 0 Å². The summed E-state index contributed by atoms with van der Waals surface area (Å²) in [4.78, 5) is 7.65. The van der Waals surface area contributed by atoms with Gasteiger partial charge in [0, 0.05) is 16.3 Å². The lowest BCUT2D eigenvalue weighted by atomic mass is 9.94. The number of sulfonamides is 1. The summed E-state index contributed by atoms with van der Waals surface area (Å²) in [7, 11) is -3.34. The zero-order valence-corrected chi connectivity index (χ0v) is 19.2. The third kappa shape index (κ3) is 5.38. The van der Waals surface area contributed by atoms with E-state index in [4.69, 9.17) is 5.14 Å². The molecule has 2 heterocycles. The van der Waals surface area contributed by atoms with Gasteiger partial charge in [-0.1, -0.05) is 30.0 Å². The summed E-state index contributed by atoms with van der Waals surface area (Å²) in [5.41, 5.74) is 3.92. The van der Waals surface area contributed by atoms with E-state index in [9.17, 15) is 8.42 Å². The van der Waals surface area contributed by atoms with Crippen molar-refractivity contribution in [3.8, 4) is 0 Å². The van der Waals surface area contributed by atoms with Crippen LogP contribution < -0.4 is 10.0 Å². The molecule has 0 amide bonds. The minimum atomic E-state index is -3.34. The quantitative estimate of drug-likeness (QED) is 0.685. The van der Waals surface area contributed by atoms with Gasteiger partial charge in [-0.3, -0.25) is 0 Å². The summed E-state index contributed by atoms with van der Waals surface area (Å²) in [6, 6.07) is 15.4. The number of para-hydroxylation sites is 1. The fourth-order valence-electron chi connectivity index (χ4n) is 4.46. The highest BCUT2D eigenvalue weighted by molar-refractivity contribution is 7.99. The summed E-state index contributed by atoms with van der Waals surface area (Å²) < 4.78 is 22.4. The molecular formula is C23H31N3O2S2. The molecule has 2 aliphatic heterocycles. The Bertz CT molecular complexity index is 986. The molecule has 30 heavy (non-hydrogen) atoms. The van der Waals surface area contributed by atoms with E-state index < -0.39 is 10.0 Å². The number of benzene rings is 2. The zero-order valence-electron chi connectivity index (χ0n) is 17.6. The third-order valence-electron chi connectivity index (χ3n) is 6.16. The van der Waals surface area contributed by atoms with E-state index in [-0.39, 0.29) is 5.75 Å². The summed E-state index contributed by atoms with van der Waals surface area (Å²) in [5, 5.41) is 5.15. The van der Waals surface area contributed by atoms with Gasteiger partial charge in [-0.15, -0.1) is 0 Å². The van der Waals surface area contributed by atoms with Gasteiger partial charge in [0.05, 0.1) is 17.1 Å². The number of likely N-dealkylation sites (tertiary alicyclic amines) is 1. The number of fused-ring (bicyclic) bond motifs is 2. The summed E-state index contributed by atoms with van der Waals surface area (Å²) in [6.07, 6.45) is 3.95. The van der Waals surface area contributed by atoms with Crippen molar-refractivity contribution in [2.24, 2.45) is 11.1 Å². The highest BCUT2D eigenvalue weighted by atomic mass is 32.2. The number of nitrogens with two attached hydrogens (primary N) is 1. The number of aryl methyl sites for hydroxylation is 1. The molecule has 1 saturated heterocycles. The molecule has 0 saturated carbocycles. The van der Waals surface area contributed by atoms with Gasteiger partial charge in [0.1, 0.15) is 0 Å². The molecule has 162 valence electrons. The Morgan fingerprint density at radius 1 is 1.03 bits per heavy atom. The molecule has 2 aliphatic rings.